The number of carbonyl (C=O) groups excluding carboxylic acids is 2. The van der Waals surface area contributed by atoms with Crippen LogP contribution in [0.15, 0.2) is 48.5 Å². The first-order valence-electron chi connectivity index (χ1n) is 7.54. The fourth-order valence-corrected chi connectivity index (χ4v) is 2.70. The lowest BCUT2D eigenvalue weighted by atomic mass is 10.2. The molecule has 1 heterocycles. The average Bonchev–Trinajstić information content (AvgIpc) is 2.89. The summed E-state index contributed by atoms with van der Waals surface area (Å²) in [5.41, 5.74) is 1.22. The number of carbonyl (C=O) groups is 2. The summed E-state index contributed by atoms with van der Waals surface area (Å²) in [5.74, 6) is 0.671. The third-order valence-corrected chi connectivity index (χ3v) is 3.90. The highest BCUT2D eigenvalue weighted by atomic mass is 16.5. The standard InChI is InChI=1S/C18H18N2O4/c1-23-13-9-7-12(8-10-13)19-14-11-17(21)20(18(14)22)15-5-3-4-6-16(15)24-2/h3-10,14,19H,11H2,1-2H3/t14-/m0/s1. The van der Waals surface area contributed by atoms with Gasteiger partial charge in [0.1, 0.15) is 17.5 Å². The van der Waals surface area contributed by atoms with Gasteiger partial charge in [0, 0.05) is 5.69 Å². The number of nitrogens with one attached hydrogen (secondary N) is 1. The third-order valence-electron chi connectivity index (χ3n) is 3.90. The first-order chi connectivity index (χ1) is 11.6. The molecule has 0 aromatic heterocycles. The molecule has 6 heteroatoms. The van der Waals surface area contributed by atoms with Crippen LogP contribution in [0.2, 0.25) is 0 Å². The monoisotopic (exact) mass is 326 g/mol. The van der Waals surface area contributed by atoms with E-state index in [-0.39, 0.29) is 18.2 Å². The predicted molar refractivity (Wildman–Crippen MR) is 90.5 cm³/mol. The number of para-hydroxylation sites is 2. The Morgan fingerprint density at radius 1 is 1.00 bits per heavy atom. The molecule has 1 aliphatic rings. The summed E-state index contributed by atoms with van der Waals surface area (Å²) in [6.45, 7) is 0. The van der Waals surface area contributed by atoms with Crippen molar-refractivity contribution < 1.29 is 19.1 Å². The predicted octanol–water partition coefficient (Wildman–Crippen LogP) is 2.45. The summed E-state index contributed by atoms with van der Waals surface area (Å²) in [6.07, 6.45) is 0.100. The van der Waals surface area contributed by atoms with Gasteiger partial charge in [-0.1, -0.05) is 12.1 Å². The van der Waals surface area contributed by atoms with Crippen LogP contribution in [0.25, 0.3) is 0 Å². The number of nitrogens with zero attached hydrogens (tertiary/aromatic N) is 1. The lowest BCUT2D eigenvalue weighted by Crippen LogP contribution is -2.35. The summed E-state index contributed by atoms with van der Waals surface area (Å²) < 4.78 is 10.4. The lowest BCUT2D eigenvalue weighted by molar-refractivity contribution is -0.121. The Morgan fingerprint density at radius 3 is 2.38 bits per heavy atom. The third kappa shape index (κ3) is 2.90. The lowest BCUT2D eigenvalue weighted by Gasteiger charge is -2.18. The van der Waals surface area contributed by atoms with Crippen LogP contribution in [0.3, 0.4) is 0 Å². The summed E-state index contributed by atoms with van der Waals surface area (Å²) in [7, 11) is 3.10. The number of ether oxygens (including phenoxy) is 2. The molecule has 1 fully saturated rings. The van der Waals surface area contributed by atoms with Crippen molar-refractivity contribution in [3.63, 3.8) is 0 Å². The molecule has 2 aromatic carbocycles. The summed E-state index contributed by atoms with van der Waals surface area (Å²) in [4.78, 5) is 26.2. The van der Waals surface area contributed by atoms with E-state index >= 15 is 0 Å². The second-order valence-electron chi connectivity index (χ2n) is 5.37. The molecule has 24 heavy (non-hydrogen) atoms. The number of hydrogen-bond acceptors (Lipinski definition) is 5. The molecule has 2 aromatic rings. The topological polar surface area (TPSA) is 67.9 Å². The molecule has 0 saturated carbocycles. The van der Waals surface area contributed by atoms with Crippen molar-refractivity contribution in [3.8, 4) is 11.5 Å². The van der Waals surface area contributed by atoms with Crippen LogP contribution < -0.4 is 19.7 Å². The van der Waals surface area contributed by atoms with Crippen LogP contribution >= 0.6 is 0 Å². The normalized spacial score (nSPS) is 17.1. The van der Waals surface area contributed by atoms with Crippen LogP contribution in [0.4, 0.5) is 11.4 Å². The van der Waals surface area contributed by atoms with Gasteiger partial charge in [-0.3, -0.25) is 9.59 Å². The van der Waals surface area contributed by atoms with E-state index in [0.29, 0.717) is 11.4 Å². The van der Waals surface area contributed by atoms with E-state index in [1.54, 1.807) is 43.5 Å². The molecule has 0 bridgehead atoms. The van der Waals surface area contributed by atoms with E-state index in [2.05, 4.69) is 5.32 Å². The van der Waals surface area contributed by atoms with Crippen LogP contribution in [0, 0.1) is 0 Å². The van der Waals surface area contributed by atoms with Crippen molar-refractivity contribution in [1.82, 2.24) is 0 Å². The number of hydrogen-bond donors (Lipinski definition) is 1. The van der Waals surface area contributed by atoms with Gasteiger partial charge >= 0.3 is 0 Å². The number of imide groups is 1. The van der Waals surface area contributed by atoms with Gasteiger partial charge in [-0.2, -0.15) is 0 Å². The molecule has 1 saturated heterocycles. The quantitative estimate of drug-likeness (QED) is 0.855. The van der Waals surface area contributed by atoms with Gasteiger partial charge in [-0.05, 0) is 36.4 Å². The van der Waals surface area contributed by atoms with Crippen LogP contribution in [-0.4, -0.2) is 32.1 Å². The Labute approximate surface area is 140 Å². The van der Waals surface area contributed by atoms with Gasteiger partial charge in [0.25, 0.3) is 5.91 Å². The SMILES string of the molecule is COc1ccc(N[C@H]2CC(=O)N(c3ccccc3OC)C2=O)cc1. The van der Waals surface area contributed by atoms with Crippen molar-refractivity contribution in [1.29, 1.82) is 0 Å². The van der Waals surface area contributed by atoms with Crippen molar-refractivity contribution >= 4 is 23.2 Å². The van der Waals surface area contributed by atoms with Gasteiger partial charge in [-0.25, -0.2) is 4.90 Å². The zero-order chi connectivity index (χ0) is 17.1. The molecule has 0 unspecified atom stereocenters. The van der Waals surface area contributed by atoms with Crippen molar-refractivity contribution in [3.05, 3.63) is 48.5 Å². The summed E-state index contributed by atoms with van der Waals surface area (Å²) in [5, 5.41) is 3.10. The molecule has 0 aliphatic carbocycles. The Bertz CT molecular complexity index is 758. The van der Waals surface area contributed by atoms with Gasteiger partial charge < -0.3 is 14.8 Å². The molecule has 0 spiro atoms. The van der Waals surface area contributed by atoms with E-state index in [0.717, 1.165) is 11.4 Å². The number of methoxy groups -OCH3 is 2. The fourth-order valence-electron chi connectivity index (χ4n) is 2.70. The maximum Gasteiger partial charge on any atom is 0.256 e. The highest BCUT2D eigenvalue weighted by Gasteiger charge is 2.40. The molecule has 3 rings (SSSR count). The largest absolute Gasteiger partial charge is 0.497 e. The van der Waals surface area contributed by atoms with E-state index in [1.807, 2.05) is 12.1 Å². The molecule has 6 nitrogen and oxygen atoms in total. The average molecular weight is 326 g/mol. The minimum atomic E-state index is -0.601. The molecule has 1 aliphatic heterocycles. The molecule has 1 N–H and O–H groups in total. The number of rotatable bonds is 5. The zero-order valence-corrected chi connectivity index (χ0v) is 13.5. The minimum absolute atomic E-state index is 0.100. The van der Waals surface area contributed by atoms with E-state index in [4.69, 9.17) is 9.47 Å². The molecule has 0 radical (unpaired) electrons. The number of anilines is 2. The van der Waals surface area contributed by atoms with Gasteiger partial charge in [-0.15, -0.1) is 0 Å². The van der Waals surface area contributed by atoms with E-state index in [1.165, 1.54) is 12.0 Å². The maximum absolute atomic E-state index is 12.7. The van der Waals surface area contributed by atoms with Crippen molar-refractivity contribution in [2.24, 2.45) is 0 Å². The smallest absolute Gasteiger partial charge is 0.256 e. The Morgan fingerprint density at radius 2 is 1.71 bits per heavy atom. The van der Waals surface area contributed by atoms with Crippen LogP contribution in [-0.2, 0) is 9.59 Å². The molecule has 124 valence electrons. The zero-order valence-electron chi connectivity index (χ0n) is 13.5. The second-order valence-corrected chi connectivity index (χ2v) is 5.37. The Kier molecular flexibility index (Phi) is 4.37. The second kappa shape index (κ2) is 6.62. The highest BCUT2D eigenvalue weighted by Crippen LogP contribution is 2.32. The van der Waals surface area contributed by atoms with Gasteiger partial charge in [0.15, 0.2) is 0 Å². The van der Waals surface area contributed by atoms with Crippen molar-refractivity contribution in [2.75, 3.05) is 24.4 Å². The fraction of sp³-hybridized carbons (Fsp3) is 0.222. The van der Waals surface area contributed by atoms with Gasteiger partial charge in [0.2, 0.25) is 5.91 Å². The first kappa shape index (κ1) is 15.9. The first-order valence-corrected chi connectivity index (χ1v) is 7.54. The Hall–Kier alpha value is -3.02. The van der Waals surface area contributed by atoms with Crippen LogP contribution in [0.1, 0.15) is 6.42 Å². The molecule has 1 atom stereocenters. The van der Waals surface area contributed by atoms with E-state index < -0.39 is 6.04 Å². The summed E-state index contributed by atoms with van der Waals surface area (Å²) in [6, 6.07) is 13.6. The molecular weight excluding hydrogens is 308 g/mol. The van der Waals surface area contributed by atoms with Gasteiger partial charge in [0.05, 0.1) is 26.3 Å². The number of amides is 2. The molecule has 2 amide bonds. The number of benzene rings is 2. The molecular formula is C18H18N2O4. The Balaban J connectivity index is 1.81. The maximum atomic E-state index is 12.7. The highest BCUT2D eigenvalue weighted by molar-refractivity contribution is 6.23. The minimum Gasteiger partial charge on any atom is -0.497 e. The van der Waals surface area contributed by atoms with E-state index in [9.17, 15) is 9.59 Å². The van der Waals surface area contributed by atoms with Crippen molar-refractivity contribution in [2.45, 2.75) is 12.5 Å². The summed E-state index contributed by atoms with van der Waals surface area (Å²) >= 11 is 0. The van der Waals surface area contributed by atoms with Crippen LogP contribution in [0.5, 0.6) is 11.5 Å².